The Morgan fingerprint density at radius 1 is 0.397 bits per heavy atom. The van der Waals surface area contributed by atoms with Gasteiger partial charge in [-0.3, -0.25) is 14.2 Å². The van der Waals surface area contributed by atoms with E-state index in [2.05, 4.69) is 196 Å². The first-order valence-electron chi connectivity index (χ1n) is 29.5. The molecule has 0 saturated heterocycles. The van der Waals surface area contributed by atoms with Gasteiger partial charge in [0, 0.05) is 12.8 Å². The number of hydrogen-bond acceptors (Lipinski definition) is 8. The lowest BCUT2D eigenvalue weighted by molar-refractivity contribution is -0.870. The molecule has 0 fully saturated rings. The summed E-state index contributed by atoms with van der Waals surface area (Å²) in [4.78, 5) is 37.9. The van der Waals surface area contributed by atoms with Crippen LogP contribution in [0.4, 0.5) is 0 Å². The molecule has 0 aromatic heterocycles. The minimum atomic E-state index is -4.67. The van der Waals surface area contributed by atoms with Crippen LogP contribution in [0.25, 0.3) is 0 Å². The molecule has 0 aromatic carbocycles. The number of phosphoric acid groups is 1. The van der Waals surface area contributed by atoms with Crippen LogP contribution >= 0.6 is 7.82 Å². The molecule has 0 aliphatic heterocycles. The van der Waals surface area contributed by atoms with E-state index in [0.717, 1.165) is 141 Å². The number of hydrogen-bond donors (Lipinski definition) is 0. The summed E-state index contributed by atoms with van der Waals surface area (Å²) < 4.78 is 34.1. The number of unbranched alkanes of at least 4 members (excludes halogenated alkanes) is 7. The number of carbonyl (C=O) groups is 2. The highest BCUT2D eigenvalue weighted by molar-refractivity contribution is 7.45. The van der Waals surface area contributed by atoms with Crippen LogP contribution < -0.4 is 4.89 Å². The third kappa shape index (κ3) is 60.3. The van der Waals surface area contributed by atoms with Gasteiger partial charge in [0.05, 0.1) is 27.7 Å². The van der Waals surface area contributed by atoms with E-state index in [0.29, 0.717) is 23.9 Å². The van der Waals surface area contributed by atoms with E-state index >= 15 is 0 Å². The van der Waals surface area contributed by atoms with Gasteiger partial charge < -0.3 is 27.9 Å². The van der Waals surface area contributed by atoms with Gasteiger partial charge in [-0.05, 0) is 135 Å². The smallest absolute Gasteiger partial charge is 0.306 e. The van der Waals surface area contributed by atoms with E-state index in [4.69, 9.17) is 18.5 Å². The van der Waals surface area contributed by atoms with Crippen molar-refractivity contribution in [2.45, 2.75) is 187 Å². The van der Waals surface area contributed by atoms with Crippen molar-refractivity contribution < 1.29 is 42.1 Å². The lowest BCUT2D eigenvalue weighted by Gasteiger charge is -2.28. The zero-order valence-electron chi connectivity index (χ0n) is 49.3. The number of esters is 2. The van der Waals surface area contributed by atoms with Gasteiger partial charge in [0.15, 0.2) is 6.10 Å². The Balaban J connectivity index is 4.37. The van der Waals surface area contributed by atoms with Crippen molar-refractivity contribution in [1.82, 2.24) is 0 Å². The fourth-order valence-electron chi connectivity index (χ4n) is 6.94. The molecule has 0 aliphatic carbocycles. The summed E-state index contributed by atoms with van der Waals surface area (Å²) in [6.45, 7) is 3.90. The van der Waals surface area contributed by atoms with E-state index in [9.17, 15) is 19.0 Å². The van der Waals surface area contributed by atoms with Crippen LogP contribution in [0, 0.1) is 0 Å². The van der Waals surface area contributed by atoms with Crippen molar-refractivity contribution in [3.63, 3.8) is 0 Å². The number of likely N-dealkylation sites (N-methyl/N-ethyl adjacent to an activating group) is 1. The first-order valence-corrected chi connectivity index (χ1v) is 31.0. The SMILES string of the molecule is CC/C=C\C/C=C\C/C=C\C/C=C\C/C=C\C/C=C\C/C=C\C/C=C\CCCCC(=O)OC(COC(=O)CCCCCCC/C=C\C/C=C\C/C=C\C/C=C\C/C=C\C/C=C\C/C=C\CC)COP(=O)([O-])OCC[N+](C)(C)C. The van der Waals surface area contributed by atoms with E-state index < -0.39 is 32.5 Å². The summed E-state index contributed by atoms with van der Waals surface area (Å²) in [6, 6.07) is 0. The Kier molecular flexibility index (Phi) is 53.3. The highest BCUT2D eigenvalue weighted by Crippen LogP contribution is 2.38. The highest BCUT2D eigenvalue weighted by atomic mass is 31.2. The molecule has 0 spiro atoms. The topological polar surface area (TPSA) is 111 Å². The minimum absolute atomic E-state index is 0.0550. The summed E-state index contributed by atoms with van der Waals surface area (Å²) in [5, 5.41) is 0. The van der Waals surface area contributed by atoms with Crippen LogP contribution in [0.3, 0.4) is 0 Å². The van der Waals surface area contributed by atoms with Crippen molar-refractivity contribution in [3.8, 4) is 0 Å². The quantitative estimate of drug-likeness (QED) is 0.0195. The summed E-state index contributed by atoms with van der Waals surface area (Å²) in [7, 11) is 1.09. The number of quaternary nitrogens is 1. The average molecular weight is 1100 g/mol. The predicted molar refractivity (Wildman–Crippen MR) is 332 cm³/mol. The molecule has 436 valence electrons. The van der Waals surface area contributed by atoms with Gasteiger partial charge in [-0.2, -0.15) is 0 Å². The summed E-state index contributed by atoms with van der Waals surface area (Å²) in [6.07, 6.45) is 87.9. The molecule has 78 heavy (non-hydrogen) atoms. The molecule has 0 aromatic rings. The Labute approximate surface area is 476 Å². The van der Waals surface area contributed by atoms with E-state index in [1.54, 1.807) is 0 Å². The molecular weight excluding hydrogens is 990 g/mol. The average Bonchev–Trinajstić information content (AvgIpc) is 3.41. The lowest BCUT2D eigenvalue weighted by Crippen LogP contribution is -2.37. The van der Waals surface area contributed by atoms with Crippen LogP contribution in [0.15, 0.2) is 182 Å². The van der Waals surface area contributed by atoms with Gasteiger partial charge in [0.25, 0.3) is 7.82 Å². The molecule has 0 saturated carbocycles. The van der Waals surface area contributed by atoms with Gasteiger partial charge in [-0.15, -0.1) is 0 Å². The van der Waals surface area contributed by atoms with Crippen molar-refractivity contribution in [1.29, 1.82) is 0 Å². The number of phosphoric ester groups is 1. The minimum Gasteiger partial charge on any atom is -0.756 e. The molecule has 9 nitrogen and oxygen atoms in total. The number of allylic oxidation sites excluding steroid dienone is 30. The highest BCUT2D eigenvalue weighted by Gasteiger charge is 2.21. The molecule has 0 aliphatic rings. The van der Waals surface area contributed by atoms with Crippen molar-refractivity contribution in [2.75, 3.05) is 47.5 Å². The molecule has 0 bridgehead atoms. The van der Waals surface area contributed by atoms with E-state index in [1.165, 1.54) is 0 Å². The number of ether oxygens (including phenoxy) is 2. The van der Waals surface area contributed by atoms with Gasteiger partial charge in [-0.25, -0.2) is 0 Å². The largest absolute Gasteiger partial charge is 0.756 e. The first kappa shape index (κ1) is 73.1. The molecular formula is C68H106NO8P. The third-order valence-corrected chi connectivity index (χ3v) is 12.4. The second-order valence-corrected chi connectivity index (χ2v) is 21.3. The second kappa shape index (κ2) is 56.8. The molecule has 10 heteroatoms. The molecule has 0 amide bonds. The summed E-state index contributed by atoms with van der Waals surface area (Å²) >= 11 is 0. The van der Waals surface area contributed by atoms with E-state index in [1.807, 2.05) is 21.1 Å². The first-order chi connectivity index (χ1) is 38.0. The van der Waals surface area contributed by atoms with Crippen molar-refractivity contribution in [2.24, 2.45) is 0 Å². The second-order valence-electron chi connectivity index (χ2n) is 19.9. The van der Waals surface area contributed by atoms with Crippen LogP contribution in [-0.2, 0) is 32.7 Å². The van der Waals surface area contributed by atoms with Crippen LogP contribution in [-0.4, -0.2) is 70.0 Å². The molecule has 2 atom stereocenters. The number of rotatable bonds is 51. The standard InChI is InChI=1S/C68H106NO8P/c1-6-8-10-12-14-16-18-20-22-24-26-28-30-32-34-36-38-40-42-44-46-48-50-52-54-56-58-60-67(70)74-64-66(65-76-78(72,73)75-63-62-69(3,4)5)77-68(71)61-59-57-55-53-51-49-47-45-43-41-39-37-35-33-31-29-27-25-23-21-19-17-15-13-11-9-7-2/h8-11,14-17,20-23,26-29,32-35,38-41,44-47,51,53,66H,6-7,12-13,18-19,24-25,30-31,36-37,42-43,48-50,52,54-65H2,1-5H3/b10-8-,11-9-,16-14-,17-15-,22-20-,23-21-,28-26-,29-27-,34-32-,35-33-,40-38-,41-39-,46-44-,47-45-,53-51-. The summed E-state index contributed by atoms with van der Waals surface area (Å²) in [5.41, 5.74) is 0. The fraction of sp³-hybridized carbons (Fsp3) is 0.529. The maximum Gasteiger partial charge on any atom is 0.306 e. The van der Waals surface area contributed by atoms with E-state index in [-0.39, 0.29) is 26.1 Å². The summed E-state index contributed by atoms with van der Waals surface area (Å²) in [5.74, 6) is -0.926. The Morgan fingerprint density at radius 3 is 1.05 bits per heavy atom. The van der Waals surface area contributed by atoms with Gasteiger partial charge in [-0.1, -0.05) is 215 Å². The molecule has 2 unspecified atom stereocenters. The molecule has 0 rings (SSSR count). The number of nitrogens with zero attached hydrogens (tertiary/aromatic N) is 1. The molecule has 0 N–H and O–H groups in total. The predicted octanol–water partition coefficient (Wildman–Crippen LogP) is 18.2. The molecule has 0 heterocycles. The van der Waals surface area contributed by atoms with Crippen molar-refractivity contribution >= 4 is 19.8 Å². The van der Waals surface area contributed by atoms with Gasteiger partial charge in [0.1, 0.15) is 19.8 Å². The molecule has 0 radical (unpaired) electrons. The maximum absolute atomic E-state index is 12.8. The Morgan fingerprint density at radius 2 is 0.692 bits per heavy atom. The van der Waals surface area contributed by atoms with Crippen LogP contribution in [0.2, 0.25) is 0 Å². The zero-order chi connectivity index (χ0) is 57.0. The maximum atomic E-state index is 12.8. The third-order valence-electron chi connectivity index (χ3n) is 11.4. The Hall–Kier alpha value is -4.89. The van der Waals surface area contributed by atoms with Gasteiger partial charge in [0.2, 0.25) is 0 Å². The van der Waals surface area contributed by atoms with Crippen LogP contribution in [0.5, 0.6) is 0 Å². The Bertz CT molecular complexity index is 1970. The monoisotopic (exact) mass is 1100 g/mol. The number of carbonyl (C=O) groups excluding carboxylic acids is 2. The normalized spacial score (nSPS) is 14.6. The van der Waals surface area contributed by atoms with Crippen LogP contribution in [0.1, 0.15) is 181 Å². The van der Waals surface area contributed by atoms with Crippen molar-refractivity contribution in [3.05, 3.63) is 182 Å². The zero-order valence-corrected chi connectivity index (χ0v) is 50.2. The van der Waals surface area contributed by atoms with Gasteiger partial charge >= 0.3 is 11.9 Å². The lowest BCUT2D eigenvalue weighted by atomic mass is 10.1. The fourth-order valence-corrected chi connectivity index (χ4v) is 7.67.